The molecular weight excluding hydrogens is 440 g/mol. The second kappa shape index (κ2) is 9.84. The second-order valence-electron chi connectivity index (χ2n) is 8.93. The van der Waals surface area contributed by atoms with Crippen LogP contribution in [0.5, 0.6) is 0 Å². The van der Waals surface area contributed by atoms with Crippen LogP contribution in [0.1, 0.15) is 53.3 Å². The van der Waals surface area contributed by atoms with E-state index in [1.54, 1.807) is 36.4 Å². The van der Waals surface area contributed by atoms with Gasteiger partial charge in [-0.25, -0.2) is 0 Å². The van der Waals surface area contributed by atoms with Crippen molar-refractivity contribution in [2.75, 3.05) is 19.6 Å². The zero-order chi connectivity index (χ0) is 24.4. The van der Waals surface area contributed by atoms with Crippen molar-refractivity contribution in [2.45, 2.75) is 32.6 Å². The van der Waals surface area contributed by atoms with Crippen molar-refractivity contribution in [1.82, 2.24) is 10.2 Å². The minimum absolute atomic E-state index is 0.134. The fourth-order valence-corrected chi connectivity index (χ4v) is 4.75. The van der Waals surface area contributed by atoms with E-state index in [1.807, 2.05) is 18.2 Å². The summed E-state index contributed by atoms with van der Waals surface area (Å²) in [7, 11) is 0. The Hall–Kier alpha value is -3.77. The van der Waals surface area contributed by atoms with Crippen molar-refractivity contribution in [3.8, 4) is 11.3 Å². The van der Waals surface area contributed by atoms with Gasteiger partial charge in [0.25, 0.3) is 11.8 Å². The fraction of sp³-hybridized carbons (Fsp3) is 0.276. The van der Waals surface area contributed by atoms with Crippen molar-refractivity contribution in [2.24, 2.45) is 0 Å². The summed E-state index contributed by atoms with van der Waals surface area (Å²) in [5, 5.41) is 5.25. The van der Waals surface area contributed by atoms with Crippen LogP contribution in [0.15, 0.2) is 69.9 Å². The average Bonchev–Trinajstić information content (AvgIpc) is 2.88. The molecule has 2 heterocycles. The lowest BCUT2D eigenvalue weighted by atomic mass is 9.90. The molecule has 0 atom stereocenters. The van der Waals surface area contributed by atoms with E-state index in [-0.39, 0.29) is 17.2 Å². The number of hydrogen-bond acceptors (Lipinski definition) is 5. The Balaban J connectivity index is 1.46. The zero-order valence-corrected chi connectivity index (χ0v) is 19.8. The molecule has 0 radical (unpaired) electrons. The Morgan fingerprint density at radius 3 is 2.31 bits per heavy atom. The Kier molecular flexibility index (Phi) is 6.47. The minimum Gasteiger partial charge on any atom is -0.456 e. The Morgan fingerprint density at radius 2 is 1.49 bits per heavy atom. The highest BCUT2D eigenvalue weighted by Gasteiger charge is 2.33. The number of carbonyl (C=O) groups excluding carboxylic acids is 2. The SMILES string of the molecule is CCCCNCCCCN1C(=O)c2cccc3c(-c4cc(=O)c5ccccc5o4)ccc(c23)C1=O. The van der Waals surface area contributed by atoms with Gasteiger partial charge in [0, 0.05) is 34.7 Å². The first-order valence-electron chi connectivity index (χ1n) is 12.3. The summed E-state index contributed by atoms with van der Waals surface area (Å²) in [5.41, 5.74) is 2.05. The number of fused-ring (bicyclic) bond motifs is 1. The van der Waals surface area contributed by atoms with Crippen molar-refractivity contribution in [1.29, 1.82) is 0 Å². The maximum absolute atomic E-state index is 13.3. The largest absolute Gasteiger partial charge is 0.456 e. The van der Waals surface area contributed by atoms with Crippen LogP contribution in [0.25, 0.3) is 33.1 Å². The van der Waals surface area contributed by atoms with Gasteiger partial charge in [-0.3, -0.25) is 19.3 Å². The van der Waals surface area contributed by atoms with Crippen molar-refractivity contribution < 1.29 is 14.0 Å². The van der Waals surface area contributed by atoms with Crippen molar-refractivity contribution in [3.63, 3.8) is 0 Å². The van der Waals surface area contributed by atoms with E-state index in [2.05, 4.69) is 12.2 Å². The van der Waals surface area contributed by atoms with Crippen LogP contribution >= 0.6 is 0 Å². The molecule has 0 fully saturated rings. The third-order valence-electron chi connectivity index (χ3n) is 6.58. The summed E-state index contributed by atoms with van der Waals surface area (Å²) in [6.07, 6.45) is 3.96. The van der Waals surface area contributed by atoms with E-state index in [0.29, 0.717) is 45.4 Å². The third kappa shape index (κ3) is 4.26. The molecule has 1 N–H and O–H groups in total. The molecule has 1 aliphatic heterocycles. The molecule has 1 aliphatic rings. The highest BCUT2D eigenvalue weighted by atomic mass is 16.3. The molecule has 0 spiro atoms. The molecule has 6 nitrogen and oxygen atoms in total. The Labute approximate surface area is 203 Å². The van der Waals surface area contributed by atoms with Gasteiger partial charge < -0.3 is 9.73 Å². The lowest BCUT2D eigenvalue weighted by Crippen LogP contribution is -2.41. The lowest BCUT2D eigenvalue weighted by Gasteiger charge is -2.27. The monoisotopic (exact) mass is 468 g/mol. The van der Waals surface area contributed by atoms with Gasteiger partial charge in [0.05, 0.1) is 5.39 Å². The van der Waals surface area contributed by atoms with Crippen LogP contribution < -0.4 is 10.7 Å². The number of para-hydroxylation sites is 1. The molecule has 0 bridgehead atoms. The normalized spacial score (nSPS) is 13.2. The molecule has 0 aliphatic carbocycles. The molecule has 178 valence electrons. The summed E-state index contributed by atoms with van der Waals surface area (Å²) in [5.74, 6) is -0.136. The molecule has 35 heavy (non-hydrogen) atoms. The zero-order valence-electron chi connectivity index (χ0n) is 19.8. The lowest BCUT2D eigenvalue weighted by molar-refractivity contribution is 0.0608. The number of amides is 2. The molecule has 1 aromatic heterocycles. The summed E-state index contributed by atoms with van der Waals surface area (Å²) >= 11 is 0. The molecule has 5 rings (SSSR count). The predicted octanol–water partition coefficient (Wildman–Crippen LogP) is 5.38. The smallest absolute Gasteiger partial charge is 0.261 e. The van der Waals surface area contributed by atoms with Gasteiger partial charge in [-0.05, 0) is 68.1 Å². The van der Waals surface area contributed by atoms with Crippen molar-refractivity contribution in [3.05, 3.63) is 82.0 Å². The van der Waals surface area contributed by atoms with E-state index in [1.165, 1.54) is 11.0 Å². The highest BCUT2D eigenvalue weighted by Crippen LogP contribution is 2.36. The van der Waals surface area contributed by atoms with Gasteiger partial charge in [0.15, 0.2) is 5.43 Å². The number of nitrogens with one attached hydrogen (secondary N) is 1. The number of rotatable bonds is 9. The maximum atomic E-state index is 13.3. The van der Waals surface area contributed by atoms with Crippen LogP contribution in [0.4, 0.5) is 0 Å². The number of carbonyl (C=O) groups is 2. The molecule has 3 aromatic carbocycles. The Bertz CT molecular complexity index is 1470. The number of benzene rings is 3. The molecule has 2 amide bonds. The molecule has 4 aromatic rings. The number of nitrogens with zero attached hydrogens (tertiary/aromatic N) is 1. The van der Waals surface area contributed by atoms with Gasteiger partial charge in [0.2, 0.25) is 0 Å². The topological polar surface area (TPSA) is 79.6 Å². The van der Waals surface area contributed by atoms with Gasteiger partial charge >= 0.3 is 0 Å². The number of unbranched alkanes of at least 4 members (excludes halogenated alkanes) is 2. The van der Waals surface area contributed by atoms with Gasteiger partial charge in [0.1, 0.15) is 11.3 Å². The quantitative estimate of drug-likeness (QED) is 0.264. The number of imide groups is 1. The molecule has 6 heteroatoms. The first-order valence-corrected chi connectivity index (χ1v) is 12.3. The number of hydrogen-bond donors (Lipinski definition) is 1. The highest BCUT2D eigenvalue weighted by molar-refractivity contribution is 6.26. The summed E-state index contributed by atoms with van der Waals surface area (Å²) in [4.78, 5) is 40.7. The first-order chi connectivity index (χ1) is 17.1. The van der Waals surface area contributed by atoms with E-state index in [4.69, 9.17) is 4.42 Å². The van der Waals surface area contributed by atoms with E-state index >= 15 is 0 Å². The van der Waals surface area contributed by atoms with Gasteiger partial charge in [-0.1, -0.05) is 37.6 Å². The maximum Gasteiger partial charge on any atom is 0.261 e. The molecular formula is C29H28N2O4. The molecule has 0 saturated heterocycles. The van der Waals surface area contributed by atoms with Crippen molar-refractivity contribution >= 4 is 33.6 Å². The predicted molar refractivity (Wildman–Crippen MR) is 138 cm³/mol. The van der Waals surface area contributed by atoms with E-state index in [9.17, 15) is 14.4 Å². The molecule has 0 saturated carbocycles. The van der Waals surface area contributed by atoms with E-state index in [0.717, 1.165) is 44.2 Å². The van der Waals surface area contributed by atoms with Crippen LogP contribution in [0.2, 0.25) is 0 Å². The summed E-state index contributed by atoms with van der Waals surface area (Å²) < 4.78 is 6.06. The van der Waals surface area contributed by atoms with Gasteiger partial charge in [-0.2, -0.15) is 0 Å². The third-order valence-corrected chi connectivity index (χ3v) is 6.58. The van der Waals surface area contributed by atoms with Gasteiger partial charge in [-0.15, -0.1) is 0 Å². The first kappa shape index (κ1) is 23.0. The minimum atomic E-state index is -0.274. The summed E-state index contributed by atoms with van der Waals surface area (Å²) in [6.45, 7) is 4.42. The Morgan fingerprint density at radius 1 is 0.771 bits per heavy atom. The van der Waals surface area contributed by atoms with Crippen LogP contribution in [0, 0.1) is 0 Å². The van der Waals surface area contributed by atoms with Crippen LogP contribution in [-0.4, -0.2) is 36.3 Å². The summed E-state index contributed by atoms with van der Waals surface area (Å²) in [6, 6.07) is 17.6. The van der Waals surface area contributed by atoms with E-state index < -0.39 is 0 Å². The standard InChI is InChI=1S/C29H28N2O4/c1-2-3-15-30-16-6-7-17-31-28(33)22-11-8-10-20-19(13-14-23(27(20)22)29(31)34)26-18-24(32)21-9-4-5-12-25(21)35-26/h4-5,8-14,18,30H,2-3,6-7,15-17H2,1H3. The fourth-order valence-electron chi connectivity index (χ4n) is 4.75. The second-order valence-corrected chi connectivity index (χ2v) is 8.93. The molecule has 0 unspecified atom stereocenters. The average molecular weight is 469 g/mol. The van der Waals surface area contributed by atoms with Crippen LogP contribution in [-0.2, 0) is 0 Å². The van der Waals surface area contributed by atoms with Crippen LogP contribution in [0.3, 0.4) is 0 Å².